The zero-order valence-electron chi connectivity index (χ0n) is 16.9. The standard InChI is InChI=1S/C20H27N3O5S/c1-14(2)21-19(20(24)22-25)13-23(29(4,26)27)16-7-11-18(12-8-16)28-17-9-5-15(3)6-10-17/h5-12,14,19,21,25H,13H2,1-4H3,(H,22,24)/t19-/m1/s1. The van der Waals surface area contributed by atoms with Crippen LogP contribution in [0.3, 0.4) is 0 Å². The van der Waals surface area contributed by atoms with E-state index in [0.29, 0.717) is 17.2 Å². The number of anilines is 1. The normalized spacial score (nSPS) is 12.5. The molecule has 2 aromatic rings. The van der Waals surface area contributed by atoms with Crippen LogP contribution in [0.4, 0.5) is 5.69 Å². The minimum absolute atomic E-state index is 0.0935. The van der Waals surface area contributed by atoms with Gasteiger partial charge in [0, 0.05) is 6.04 Å². The second kappa shape index (κ2) is 9.73. The summed E-state index contributed by atoms with van der Waals surface area (Å²) in [5, 5.41) is 11.9. The second-order valence-electron chi connectivity index (χ2n) is 7.05. The summed E-state index contributed by atoms with van der Waals surface area (Å²) in [6.45, 7) is 5.44. The highest BCUT2D eigenvalue weighted by Crippen LogP contribution is 2.26. The Morgan fingerprint density at radius 1 is 1.07 bits per heavy atom. The van der Waals surface area contributed by atoms with Gasteiger partial charge >= 0.3 is 0 Å². The number of amides is 1. The molecule has 1 amide bonds. The van der Waals surface area contributed by atoms with Gasteiger partial charge in [0.1, 0.15) is 17.5 Å². The number of carbonyl (C=O) groups is 1. The number of benzene rings is 2. The molecule has 2 rings (SSSR count). The van der Waals surface area contributed by atoms with Crippen molar-refractivity contribution >= 4 is 21.6 Å². The first-order valence-corrected chi connectivity index (χ1v) is 11.0. The van der Waals surface area contributed by atoms with E-state index in [4.69, 9.17) is 9.94 Å². The van der Waals surface area contributed by atoms with Gasteiger partial charge in [-0.2, -0.15) is 0 Å². The molecule has 0 heterocycles. The van der Waals surface area contributed by atoms with Crippen LogP contribution in [0.2, 0.25) is 0 Å². The van der Waals surface area contributed by atoms with Gasteiger partial charge in [0.15, 0.2) is 0 Å². The minimum Gasteiger partial charge on any atom is -0.457 e. The lowest BCUT2D eigenvalue weighted by Gasteiger charge is -2.28. The van der Waals surface area contributed by atoms with Crippen LogP contribution >= 0.6 is 0 Å². The van der Waals surface area contributed by atoms with Crippen LogP contribution < -0.4 is 19.8 Å². The Balaban J connectivity index is 2.23. The zero-order chi connectivity index (χ0) is 21.6. The second-order valence-corrected chi connectivity index (χ2v) is 8.96. The van der Waals surface area contributed by atoms with Gasteiger partial charge in [-0.15, -0.1) is 0 Å². The van der Waals surface area contributed by atoms with E-state index in [1.165, 1.54) is 0 Å². The number of aryl methyl sites for hydroxylation is 1. The van der Waals surface area contributed by atoms with Crippen molar-refractivity contribution in [1.29, 1.82) is 0 Å². The molecule has 9 heteroatoms. The van der Waals surface area contributed by atoms with E-state index in [1.807, 2.05) is 45.0 Å². The zero-order valence-corrected chi connectivity index (χ0v) is 17.7. The first-order chi connectivity index (χ1) is 13.6. The van der Waals surface area contributed by atoms with Crippen molar-refractivity contribution in [1.82, 2.24) is 10.8 Å². The third-order valence-electron chi connectivity index (χ3n) is 4.09. The molecule has 0 saturated heterocycles. The molecule has 8 nitrogen and oxygen atoms in total. The molecule has 29 heavy (non-hydrogen) atoms. The molecule has 0 spiro atoms. The fourth-order valence-electron chi connectivity index (χ4n) is 2.71. The van der Waals surface area contributed by atoms with Gasteiger partial charge in [0.25, 0.3) is 5.91 Å². The molecule has 0 aromatic heterocycles. The predicted octanol–water partition coefficient (Wildman–Crippen LogP) is 2.43. The van der Waals surface area contributed by atoms with Crippen LogP contribution in [-0.2, 0) is 14.8 Å². The molecular formula is C20H27N3O5S. The number of nitrogens with one attached hydrogen (secondary N) is 2. The third-order valence-corrected chi connectivity index (χ3v) is 5.25. The van der Waals surface area contributed by atoms with E-state index in [9.17, 15) is 13.2 Å². The summed E-state index contributed by atoms with van der Waals surface area (Å²) in [7, 11) is -3.68. The van der Waals surface area contributed by atoms with Gasteiger partial charge in [-0.3, -0.25) is 14.3 Å². The Bertz CT molecular complexity index is 912. The van der Waals surface area contributed by atoms with Gasteiger partial charge in [0.2, 0.25) is 10.0 Å². The lowest BCUT2D eigenvalue weighted by Crippen LogP contribution is -2.53. The summed E-state index contributed by atoms with van der Waals surface area (Å²) in [4.78, 5) is 12.0. The summed E-state index contributed by atoms with van der Waals surface area (Å²) in [5.41, 5.74) is 3.07. The van der Waals surface area contributed by atoms with Crippen LogP contribution in [0.15, 0.2) is 48.5 Å². The Morgan fingerprint density at radius 3 is 2.03 bits per heavy atom. The van der Waals surface area contributed by atoms with Gasteiger partial charge in [-0.05, 0) is 43.3 Å². The van der Waals surface area contributed by atoms with Crippen molar-refractivity contribution < 1.29 is 23.2 Å². The monoisotopic (exact) mass is 421 g/mol. The van der Waals surface area contributed by atoms with E-state index >= 15 is 0 Å². The van der Waals surface area contributed by atoms with Crippen molar-refractivity contribution in [2.75, 3.05) is 17.1 Å². The molecule has 0 aliphatic carbocycles. The molecule has 0 fully saturated rings. The number of hydrogen-bond acceptors (Lipinski definition) is 6. The van der Waals surface area contributed by atoms with Gasteiger partial charge in [0.05, 0.1) is 18.5 Å². The van der Waals surface area contributed by atoms with Crippen LogP contribution in [0.1, 0.15) is 19.4 Å². The topological polar surface area (TPSA) is 108 Å². The van der Waals surface area contributed by atoms with Crippen molar-refractivity contribution in [2.45, 2.75) is 32.9 Å². The molecule has 0 bridgehead atoms. The Labute approximate surface area is 171 Å². The fourth-order valence-corrected chi connectivity index (χ4v) is 3.64. The van der Waals surface area contributed by atoms with Crippen LogP contribution in [-0.4, -0.2) is 44.4 Å². The molecule has 158 valence electrons. The lowest BCUT2D eigenvalue weighted by atomic mass is 10.2. The molecular weight excluding hydrogens is 394 g/mol. The lowest BCUT2D eigenvalue weighted by molar-refractivity contribution is -0.131. The smallest absolute Gasteiger partial charge is 0.262 e. The Morgan fingerprint density at radius 2 is 1.59 bits per heavy atom. The maximum atomic E-state index is 12.3. The summed E-state index contributed by atoms with van der Waals surface area (Å²) in [5.74, 6) is 0.506. The molecule has 0 saturated carbocycles. The summed E-state index contributed by atoms with van der Waals surface area (Å²) in [6, 6.07) is 13.1. The van der Waals surface area contributed by atoms with E-state index in [0.717, 1.165) is 16.1 Å². The van der Waals surface area contributed by atoms with E-state index in [2.05, 4.69) is 5.32 Å². The van der Waals surface area contributed by atoms with Gasteiger partial charge in [-0.1, -0.05) is 31.5 Å². The Kier molecular flexibility index (Phi) is 7.60. The molecule has 0 radical (unpaired) electrons. The maximum Gasteiger partial charge on any atom is 0.262 e. The van der Waals surface area contributed by atoms with Crippen molar-refractivity contribution in [3.63, 3.8) is 0 Å². The number of nitrogens with zero attached hydrogens (tertiary/aromatic N) is 1. The Hall–Kier alpha value is -2.62. The van der Waals surface area contributed by atoms with Crippen LogP contribution in [0, 0.1) is 6.92 Å². The number of sulfonamides is 1. The summed E-state index contributed by atoms with van der Waals surface area (Å²) in [6.07, 6.45) is 1.06. The fraction of sp³-hybridized carbons (Fsp3) is 0.350. The highest BCUT2D eigenvalue weighted by atomic mass is 32.2. The average Bonchev–Trinajstić information content (AvgIpc) is 2.66. The largest absolute Gasteiger partial charge is 0.457 e. The minimum atomic E-state index is -3.68. The van der Waals surface area contributed by atoms with E-state index in [-0.39, 0.29) is 12.6 Å². The number of hydroxylamine groups is 1. The van der Waals surface area contributed by atoms with Gasteiger partial charge in [-0.25, -0.2) is 13.9 Å². The third kappa shape index (κ3) is 6.74. The van der Waals surface area contributed by atoms with Crippen molar-refractivity contribution in [2.24, 2.45) is 0 Å². The van der Waals surface area contributed by atoms with E-state index in [1.54, 1.807) is 29.7 Å². The molecule has 1 atom stereocenters. The number of rotatable bonds is 9. The SMILES string of the molecule is Cc1ccc(Oc2ccc(N(C[C@@H](NC(C)C)C(=O)NO)S(C)(=O)=O)cc2)cc1. The number of ether oxygens (including phenoxy) is 1. The quantitative estimate of drug-likeness (QED) is 0.424. The molecule has 0 unspecified atom stereocenters. The van der Waals surface area contributed by atoms with Crippen LogP contribution in [0.25, 0.3) is 0 Å². The summed E-state index contributed by atoms with van der Waals surface area (Å²) >= 11 is 0. The predicted molar refractivity (Wildman–Crippen MR) is 112 cm³/mol. The molecule has 0 aliphatic heterocycles. The maximum absolute atomic E-state index is 12.3. The highest BCUT2D eigenvalue weighted by molar-refractivity contribution is 7.92. The summed E-state index contributed by atoms with van der Waals surface area (Å²) < 4.78 is 31.6. The van der Waals surface area contributed by atoms with Crippen molar-refractivity contribution in [3.05, 3.63) is 54.1 Å². The van der Waals surface area contributed by atoms with Crippen molar-refractivity contribution in [3.8, 4) is 11.5 Å². The molecule has 3 N–H and O–H groups in total. The number of hydrogen-bond donors (Lipinski definition) is 3. The van der Waals surface area contributed by atoms with Gasteiger partial charge < -0.3 is 10.1 Å². The first-order valence-electron chi connectivity index (χ1n) is 9.12. The average molecular weight is 422 g/mol. The molecule has 2 aromatic carbocycles. The number of carbonyl (C=O) groups excluding carboxylic acids is 1. The van der Waals surface area contributed by atoms with Crippen LogP contribution in [0.5, 0.6) is 11.5 Å². The highest BCUT2D eigenvalue weighted by Gasteiger charge is 2.27. The first kappa shape index (κ1) is 22.7. The molecule has 0 aliphatic rings. The van der Waals surface area contributed by atoms with E-state index < -0.39 is 22.0 Å².